The van der Waals surface area contributed by atoms with Crippen molar-refractivity contribution in [2.75, 3.05) is 17.1 Å². The van der Waals surface area contributed by atoms with Gasteiger partial charge in [0, 0.05) is 11.4 Å². The minimum Gasteiger partial charge on any atom is -0.493 e. The monoisotopic (exact) mass is 462 g/mol. The van der Waals surface area contributed by atoms with E-state index in [0.29, 0.717) is 17.1 Å². The van der Waals surface area contributed by atoms with Crippen LogP contribution in [0.4, 0.5) is 11.4 Å². The van der Waals surface area contributed by atoms with Crippen molar-refractivity contribution < 1.29 is 17.9 Å². The molecule has 4 rings (SSSR count). The molecule has 0 aliphatic heterocycles. The number of hydrogen-bond donors (Lipinski definition) is 2. The highest BCUT2D eigenvalue weighted by molar-refractivity contribution is 7.92. The minimum atomic E-state index is -3.71. The van der Waals surface area contributed by atoms with Gasteiger partial charge in [-0.3, -0.25) is 9.52 Å². The molecular formula is C24H22N4O4S. The van der Waals surface area contributed by atoms with Gasteiger partial charge in [-0.2, -0.15) is 5.10 Å². The second-order valence-corrected chi connectivity index (χ2v) is 8.96. The van der Waals surface area contributed by atoms with E-state index in [-0.39, 0.29) is 10.6 Å². The van der Waals surface area contributed by atoms with Crippen LogP contribution in [0.15, 0.2) is 90.0 Å². The number of benzene rings is 3. The van der Waals surface area contributed by atoms with Crippen molar-refractivity contribution >= 4 is 27.3 Å². The number of methoxy groups -OCH3 is 1. The third kappa shape index (κ3) is 5.04. The number of sulfonamides is 1. The van der Waals surface area contributed by atoms with Crippen molar-refractivity contribution in [3.63, 3.8) is 0 Å². The Balaban J connectivity index is 1.47. The molecule has 1 heterocycles. The van der Waals surface area contributed by atoms with E-state index in [1.54, 1.807) is 59.4 Å². The number of ether oxygens (including phenoxy) is 1. The number of amides is 1. The summed E-state index contributed by atoms with van der Waals surface area (Å²) in [5.74, 6) is -0.117. The molecule has 0 radical (unpaired) electrons. The van der Waals surface area contributed by atoms with Crippen LogP contribution in [0.25, 0.3) is 5.69 Å². The van der Waals surface area contributed by atoms with Crippen LogP contribution in [0, 0.1) is 6.92 Å². The molecule has 0 saturated heterocycles. The second kappa shape index (κ2) is 9.17. The summed E-state index contributed by atoms with van der Waals surface area (Å²) in [6.45, 7) is 1.89. The Morgan fingerprint density at radius 3 is 2.18 bits per heavy atom. The topological polar surface area (TPSA) is 102 Å². The first-order chi connectivity index (χ1) is 15.9. The Morgan fingerprint density at radius 1 is 0.909 bits per heavy atom. The van der Waals surface area contributed by atoms with E-state index in [1.807, 2.05) is 37.3 Å². The van der Waals surface area contributed by atoms with E-state index < -0.39 is 15.9 Å². The van der Waals surface area contributed by atoms with Crippen LogP contribution in [0.5, 0.6) is 5.75 Å². The highest BCUT2D eigenvalue weighted by Crippen LogP contribution is 2.22. The van der Waals surface area contributed by atoms with Gasteiger partial charge < -0.3 is 10.1 Å². The standard InChI is InChI=1S/C24H22N4O4S/c1-17-8-14-21(15-9-17)33(30,31)27-19-12-10-18(11-13-19)25-24(29)23-22(32-2)16-28(26-23)20-6-4-3-5-7-20/h3-16,27H,1-2H3,(H,25,29). The number of carbonyl (C=O) groups excluding carboxylic acids is 1. The van der Waals surface area contributed by atoms with E-state index in [1.165, 1.54) is 7.11 Å². The predicted octanol–water partition coefficient (Wildman–Crippen LogP) is 4.24. The maximum absolute atomic E-state index is 12.8. The first-order valence-corrected chi connectivity index (χ1v) is 11.5. The zero-order valence-corrected chi connectivity index (χ0v) is 18.8. The quantitative estimate of drug-likeness (QED) is 0.428. The predicted molar refractivity (Wildman–Crippen MR) is 126 cm³/mol. The molecule has 0 saturated carbocycles. The van der Waals surface area contributed by atoms with Gasteiger partial charge in [0.15, 0.2) is 11.4 Å². The number of rotatable bonds is 7. The highest BCUT2D eigenvalue weighted by atomic mass is 32.2. The van der Waals surface area contributed by atoms with Crippen molar-refractivity contribution in [3.8, 4) is 11.4 Å². The van der Waals surface area contributed by atoms with E-state index >= 15 is 0 Å². The van der Waals surface area contributed by atoms with Crippen LogP contribution in [0.1, 0.15) is 16.1 Å². The van der Waals surface area contributed by atoms with Crippen LogP contribution in [0.2, 0.25) is 0 Å². The fraction of sp³-hybridized carbons (Fsp3) is 0.0833. The first-order valence-electron chi connectivity index (χ1n) is 10.1. The summed E-state index contributed by atoms with van der Waals surface area (Å²) in [5, 5.41) is 7.09. The molecule has 8 nitrogen and oxygen atoms in total. The maximum atomic E-state index is 12.8. The number of nitrogens with zero attached hydrogens (tertiary/aromatic N) is 2. The summed E-state index contributed by atoms with van der Waals surface area (Å²) in [6.07, 6.45) is 1.63. The average Bonchev–Trinajstić information content (AvgIpc) is 3.26. The van der Waals surface area contributed by atoms with Gasteiger partial charge in [0.2, 0.25) is 0 Å². The molecule has 2 N–H and O–H groups in total. The largest absolute Gasteiger partial charge is 0.493 e. The maximum Gasteiger partial charge on any atom is 0.280 e. The van der Waals surface area contributed by atoms with Gasteiger partial charge in [-0.15, -0.1) is 0 Å². The third-order valence-electron chi connectivity index (χ3n) is 4.86. The fourth-order valence-corrected chi connectivity index (χ4v) is 4.18. The summed E-state index contributed by atoms with van der Waals surface area (Å²) < 4.78 is 34.5. The van der Waals surface area contributed by atoms with Gasteiger partial charge in [0.05, 0.1) is 23.9 Å². The Kier molecular flexibility index (Phi) is 6.14. The van der Waals surface area contributed by atoms with Crippen LogP contribution in [-0.4, -0.2) is 31.2 Å². The van der Waals surface area contributed by atoms with Crippen molar-refractivity contribution in [2.45, 2.75) is 11.8 Å². The van der Waals surface area contributed by atoms with Crippen LogP contribution < -0.4 is 14.8 Å². The molecule has 0 aliphatic rings. The van der Waals surface area contributed by atoms with E-state index in [4.69, 9.17) is 4.74 Å². The minimum absolute atomic E-state index is 0.130. The summed E-state index contributed by atoms with van der Waals surface area (Å²) in [5.41, 5.74) is 2.75. The van der Waals surface area contributed by atoms with Crippen LogP contribution in [0.3, 0.4) is 0 Å². The number of carbonyl (C=O) groups is 1. The van der Waals surface area contributed by atoms with Crippen molar-refractivity contribution in [2.24, 2.45) is 0 Å². The van der Waals surface area contributed by atoms with E-state index in [2.05, 4.69) is 15.1 Å². The lowest BCUT2D eigenvalue weighted by atomic mass is 10.2. The fourth-order valence-electron chi connectivity index (χ4n) is 3.12. The van der Waals surface area contributed by atoms with Crippen LogP contribution >= 0.6 is 0 Å². The zero-order chi connectivity index (χ0) is 23.4. The van der Waals surface area contributed by atoms with Gasteiger partial charge in [0.1, 0.15) is 0 Å². The molecule has 0 unspecified atom stereocenters. The molecule has 0 aliphatic carbocycles. The lowest BCUT2D eigenvalue weighted by Gasteiger charge is -2.10. The Labute approximate surface area is 191 Å². The SMILES string of the molecule is COc1cn(-c2ccccc2)nc1C(=O)Nc1ccc(NS(=O)(=O)c2ccc(C)cc2)cc1. The summed E-state index contributed by atoms with van der Waals surface area (Å²) in [4.78, 5) is 13.0. The third-order valence-corrected chi connectivity index (χ3v) is 6.26. The molecule has 1 amide bonds. The molecule has 3 aromatic carbocycles. The van der Waals surface area contributed by atoms with Crippen LogP contribution in [-0.2, 0) is 10.0 Å². The van der Waals surface area contributed by atoms with E-state index in [0.717, 1.165) is 11.3 Å². The summed E-state index contributed by atoms with van der Waals surface area (Å²) in [6, 6.07) is 22.3. The van der Waals surface area contributed by atoms with E-state index in [9.17, 15) is 13.2 Å². The molecule has 9 heteroatoms. The normalized spacial score (nSPS) is 11.1. The molecular weight excluding hydrogens is 440 g/mol. The van der Waals surface area contributed by atoms with Gasteiger partial charge in [-0.25, -0.2) is 13.1 Å². The van der Waals surface area contributed by atoms with Gasteiger partial charge in [-0.05, 0) is 55.5 Å². The lowest BCUT2D eigenvalue weighted by molar-refractivity contribution is 0.101. The number of aryl methyl sites for hydroxylation is 1. The number of anilines is 2. The van der Waals surface area contributed by atoms with Gasteiger partial charge in [-0.1, -0.05) is 35.9 Å². The molecule has 0 spiro atoms. The van der Waals surface area contributed by atoms with Crippen molar-refractivity contribution in [1.29, 1.82) is 0 Å². The molecule has 168 valence electrons. The number of nitrogens with one attached hydrogen (secondary N) is 2. The Morgan fingerprint density at radius 2 is 1.55 bits per heavy atom. The smallest absolute Gasteiger partial charge is 0.280 e. The molecule has 4 aromatic rings. The van der Waals surface area contributed by atoms with Crippen molar-refractivity contribution in [1.82, 2.24) is 9.78 Å². The molecule has 33 heavy (non-hydrogen) atoms. The number of para-hydroxylation sites is 1. The van der Waals surface area contributed by atoms with Gasteiger partial charge >= 0.3 is 0 Å². The Hall–Kier alpha value is -4.11. The number of aromatic nitrogens is 2. The zero-order valence-electron chi connectivity index (χ0n) is 18.0. The highest BCUT2D eigenvalue weighted by Gasteiger charge is 2.19. The molecule has 1 aromatic heterocycles. The lowest BCUT2D eigenvalue weighted by Crippen LogP contribution is -2.15. The van der Waals surface area contributed by atoms with Gasteiger partial charge in [0.25, 0.3) is 15.9 Å². The molecule has 0 bridgehead atoms. The second-order valence-electron chi connectivity index (χ2n) is 7.28. The summed E-state index contributed by atoms with van der Waals surface area (Å²) in [7, 11) is -2.24. The Bertz CT molecular complexity index is 1360. The molecule has 0 atom stereocenters. The average molecular weight is 463 g/mol. The first kappa shape index (κ1) is 22.1. The number of hydrogen-bond acceptors (Lipinski definition) is 5. The van der Waals surface area contributed by atoms with Crippen molar-refractivity contribution in [3.05, 3.63) is 96.3 Å². The molecule has 0 fully saturated rings. The summed E-state index contributed by atoms with van der Waals surface area (Å²) >= 11 is 0.